The first-order valence-electron chi connectivity index (χ1n) is 15.2. The first-order valence-corrected chi connectivity index (χ1v) is 15.2. The van der Waals surface area contributed by atoms with Gasteiger partial charge in [0.1, 0.15) is 17.2 Å². The van der Waals surface area contributed by atoms with Gasteiger partial charge in [-0.1, -0.05) is 25.5 Å². The third-order valence-corrected chi connectivity index (χ3v) is 11.5. The molecule has 4 saturated carbocycles. The number of ketones is 2. The SMILES string of the molecule is CC(C)(C)OC(=O)N1CCC(CC=C2CC[C@]3(C)C4CC[C@]5(C)C(=O)CCC5C4C(=O)[C@H](CO)C3C2)CC1. The van der Waals surface area contributed by atoms with Crippen LogP contribution in [0.1, 0.15) is 98.8 Å². The summed E-state index contributed by atoms with van der Waals surface area (Å²) >= 11 is 0. The normalized spacial score (nSPS) is 41.1. The number of aliphatic hydroxyl groups is 1. The van der Waals surface area contributed by atoms with Crippen LogP contribution >= 0.6 is 0 Å². The van der Waals surface area contributed by atoms with Crippen molar-refractivity contribution in [2.75, 3.05) is 19.7 Å². The van der Waals surface area contributed by atoms with Gasteiger partial charge in [0.25, 0.3) is 0 Å². The van der Waals surface area contributed by atoms with Crippen LogP contribution in [-0.4, -0.2) is 53.0 Å². The summed E-state index contributed by atoms with van der Waals surface area (Å²) in [6.45, 7) is 11.6. The molecule has 0 radical (unpaired) electrons. The highest BCUT2D eigenvalue weighted by atomic mass is 16.6. The maximum absolute atomic E-state index is 13.9. The molecule has 1 aliphatic heterocycles. The summed E-state index contributed by atoms with van der Waals surface area (Å²) in [6.07, 6.45) is 11.6. The molecule has 5 fully saturated rings. The molecule has 0 aromatic heterocycles. The molecule has 1 saturated heterocycles. The van der Waals surface area contributed by atoms with Crippen molar-refractivity contribution < 1.29 is 24.2 Å². The lowest BCUT2D eigenvalue weighted by Gasteiger charge is -2.60. The van der Waals surface area contributed by atoms with Gasteiger partial charge in [0.05, 0.1) is 6.61 Å². The van der Waals surface area contributed by atoms with Crippen molar-refractivity contribution in [3.63, 3.8) is 0 Å². The van der Waals surface area contributed by atoms with Crippen LogP contribution in [0.4, 0.5) is 4.79 Å². The average Bonchev–Trinajstić information content (AvgIpc) is 3.17. The van der Waals surface area contributed by atoms with Gasteiger partial charge < -0.3 is 14.7 Å². The van der Waals surface area contributed by atoms with Gasteiger partial charge in [0.2, 0.25) is 0 Å². The lowest BCUT2D eigenvalue weighted by molar-refractivity contribution is -0.167. The van der Waals surface area contributed by atoms with E-state index in [2.05, 4.69) is 19.9 Å². The Morgan fingerprint density at radius 1 is 1.03 bits per heavy atom. The number of hydrogen-bond acceptors (Lipinski definition) is 5. The van der Waals surface area contributed by atoms with Crippen molar-refractivity contribution >= 4 is 17.7 Å². The number of likely N-dealkylation sites (tertiary alicyclic amines) is 1. The van der Waals surface area contributed by atoms with Crippen molar-refractivity contribution in [1.82, 2.24) is 4.90 Å². The topological polar surface area (TPSA) is 83.9 Å². The second-order valence-corrected chi connectivity index (χ2v) is 14.7. The minimum Gasteiger partial charge on any atom is -0.444 e. The van der Waals surface area contributed by atoms with Crippen molar-refractivity contribution in [2.45, 2.75) is 104 Å². The number of fused-ring (bicyclic) bond motifs is 5. The Hall–Kier alpha value is -1.69. The Kier molecular flexibility index (Phi) is 7.37. The number of hydrogen-bond donors (Lipinski definition) is 1. The fourth-order valence-corrected chi connectivity index (χ4v) is 9.20. The summed E-state index contributed by atoms with van der Waals surface area (Å²) in [4.78, 5) is 40.9. The first kappa shape index (κ1) is 27.9. The highest BCUT2D eigenvalue weighted by Gasteiger charge is 2.64. The van der Waals surface area contributed by atoms with Crippen molar-refractivity contribution in [2.24, 2.45) is 46.3 Å². The van der Waals surface area contributed by atoms with Gasteiger partial charge in [-0.05, 0) is 108 Å². The number of carbonyl (C=O) groups excluding carboxylic acids is 3. The molecule has 4 unspecified atom stereocenters. The van der Waals surface area contributed by atoms with E-state index in [4.69, 9.17) is 4.74 Å². The Morgan fingerprint density at radius 3 is 2.39 bits per heavy atom. The van der Waals surface area contributed by atoms with Crippen LogP contribution in [-0.2, 0) is 14.3 Å². The monoisotopic (exact) mass is 527 g/mol. The zero-order valence-electron chi connectivity index (χ0n) is 24.3. The van der Waals surface area contributed by atoms with Gasteiger partial charge in [-0.15, -0.1) is 0 Å². The fraction of sp³-hybridized carbons (Fsp3) is 0.844. The third kappa shape index (κ3) is 4.77. The molecule has 1 amide bonds. The third-order valence-electron chi connectivity index (χ3n) is 11.5. The molecule has 4 aliphatic carbocycles. The standard InChI is InChI=1S/C32H49NO5/c1-30(2,3)38-29(37)33-16-12-20(13-17-33)6-7-21-10-14-31(4)24-11-15-32(5)23(8-9-26(32)35)27(24)28(36)22(19-34)25(31)18-21/h7,20,22-25,27,34H,6,8-19H2,1-5H3/t22-,23?,24?,25?,27?,31-,32+/m1/s1. The summed E-state index contributed by atoms with van der Waals surface area (Å²) in [6, 6.07) is 0. The molecule has 0 aromatic rings. The van der Waals surface area contributed by atoms with Gasteiger partial charge in [0.15, 0.2) is 0 Å². The Labute approximate surface area is 228 Å². The van der Waals surface area contributed by atoms with Gasteiger partial charge in [-0.2, -0.15) is 0 Å². The van der Waals surface area contributed by atoms with Crippen molar-refractivity contribution in [1.29, 1.82) is 0 Å². The number of aliphatic hydroxyl groups excluding tert-OH is 1. The maximum atomic E-state index is 13.9. The Bertz CT molecular complexity index is 988. The molecule has 1 N–H and O–H groups in total. The van der Waals surface area contributed by atoms with Crippen LogP contribution in [0.5, 0.6) is 0 Å². The molecule has 1 heterocycles. The van der Waals surface area contributed by atoms with Gasteiger partial charge in [0, 0.05) is 36.8 Å². The van der Waals surface area contributed by atoms with Crippen LogP contribution in [0.3, 0.4) is 0 Å². The van der Waals surface area contributed by atoms with Gasteiger partial charge >= 0.3 is 6.09 Å². The zero-order chi connectivity index (χ0) is 27.5. The average molecular weight is 528 g/mol. The van der Waals surface area contributed by atoms with Gasteiger partial charge in [-0.3, -0.25) is 9.59 Å². The first-order chi connectivity index (χ1) is 17.9. The van der Waals surface area contributed by atoms with Crippen LogP contribution in [0.15, 0.2) is 11.6 Å². The number of allylic oxidation sites excluding steroid dienone is 2. The molecule has 0 bridgehead atoms. The number of nitrogens with zero attached hydrogens (tertiary/aromatic N) is 1. The van der Waals surface area contributed by atoms with E-state index in [1.54, 1.807) is 0 Å². The van der Waals surface area contributed by atoms with Crippen LogP contribution in [0.2, 0.25) is 0 Å². The smallest absolute Gasteiger partial charge is 0.410 e. The quantitative estimate of drug-likeness (QED) is 0.458. The fourth-order valence-electron chi connectivity index (χ4n) is 9.20. The molecule has 38 heavy (non-hydrogen) atoms. The second kappa shape index (κ2) is 10.1. The number of carbonyl (C=O) groups is 3. The molecule has 7 atom stereocenters. The number of rotatable bonds is 3. The van der Waals surface area contributed by atoms with E-state index in [1.165, 1.54) is 5.57 Å². The Balaban J connectivity index is 1.24. The molecule has 5 aliphatic rings. The summed E-state index contributed by atoms with van der Waals surface area (Å²) in [7, 11) is 0. The summed E-state index contributed by atoms with van der Waals surface area (Å²) in [5, 5.41) is 10.5. The van der Waals surface area contributed by atoms with Crippen LogP contribution in [0.25, 0.3) is 0 Å². The minimum absolute atomic E-state index is 0.0506. The molecule has 212 valence electrons. The van der Waals surface area contributed by atoms with Crippen molar-refractivity contribution in [3.05, 3.63) is 11.6 Å². The molecule has 5 rings (SSSR count). The predicted molar refractivity (Wildman–Crippen MR) is 146 cm³/mol. The lowest BCUT2D eigenvalue weighted by Crippen LogP contribution is -2.60. The van der Waals surface area contributed by atoms with E-state index in [-0.39, 0.29) is 53.0 Å². The predicted octanol–water partition coefficient (Wildman–Crippen LogP) is 5.96. The summed E-state index contributed by atoms with van der Waals surface area (Å²) in [5.41, 5.74) is 0.698. The van der Waals surface area contributed by atoms with E-state index in [0.29, 0.717) is 24.0 Å². The number of piperidine rings is 1. The summed E-state index contributed by atoms with van der Waals surface area (Å²) < 4.78 is 5.54. The molecule has 6 heteroatoms. The van der Waals surface area contributed by atoms with Crippen LogP contribution in [0, 0.1) is 46.3 Å². The van der Waals surface area contributed by atoms with E-state index in [9.17, 15) is 19.5 Å². The number of ether oxygens (including phenoxy) is 1. The zero-order valence-corrected chi connectivity index (χ0v) is 24.3. The minimum atomic E-state index is -0.466. The molecule has 6 nitrogen and oxygen atoms in total. The molecule has 0 aromatic carbocycles. The molecule has 0 spiro atoms. The highest BCUT2D eigenvalue weighted by Crippen LogP contribution is 2.66. The van der Waals surface area contributed by atoms with E-state index in [0.717, 1.165) is 70.9 Å². The molecular weight excluding hydrogens is 478 g/mol. The second-order valence-electron chi connectivity index (χ2n) is 14.7. The van der Waals surface area contributed by atoms with Gasteiger partial charge in [-0.25, -0.2) is 4.79 Å². The van der Waals surface area contributed by atoms with E-state index in [1.807, 2.05) is 25.7 Å². The molecular formula is C32H49NO5. The van der Waals surface area contributed by atoms with Crippen molar-refractivity contribution in [3.8, 4) is 0 Å². The lowest BCUT2D eigenvalue weighted by atomic mass is 9.42. The van der Waals surface area contributed by atoms with E-state index >= 15 is 0 Å². The number of Topliss-reactive ketones (excluding diaryl/α,β-unsaturated/α-hetero) is 2. The number of amides is 1. The highest BCUT2D eigenvalue weighted by molar-refractivity contribution is 5.91. The Morgan fingerprint density at radius 2 is 1.74 bits per heavy atom. The van der Waals surface area contributed by atoms with E-state index < -0.39 is 5.60 Å². The van der Waals surface area contributed by atoms with Crippen LogP contribution < -0.4 is 0 Å². The largest absolute Gasteiger partial charge is 0.444 e. The maximum Gasteiger partial charge on any atom is 0.410 e. The summed E-state index contributed by atoms with van der Waals surface area (Å²) in [5.74, 6) is 1.50.